The summed E-state index contributed by atoms with van der Waals surface area (Å²) in [6, 6.07) is 10.9. The average molecular weight is 401 g/mol. The van der Waals surface area contributed by atoms with Gasteiger partial charge in [0, 0.05) is 6.07 Å². The minimum Gasteiger partial charge on any atom is -0.497 e. The zero-order chi connectivity index (χ0) is 21.4. The molecule has 156 valence electrons. The molecule has 7 heteroatoms. The lowest BCUT2D eigenvalue weighted by Crippen LogP contribution is -2.24. The first kappa shape index (κ1) is 22.1. The molecule has 1 amide bonds. The van der Waals surface area contributed by atoms with Crippen molar-refractivity contribution in [2.75, 3.05) is 32.8 Å². The van der Waals surface area contributed by atoms with Crippen molar-refractivity contribution in [3.63, 3.8) is 0 Å². The Morgan fingerprint density at radius 1 is 0.966 bits per heavy atom. The van der Waals surface area contributed by atoms with Gasteiger partial charge in [-0.05, 0) is 42.2 Å². The maximum atomic E-state index is 12.1. The van der Waals surface area contributed by atoms with E-state index in [-0.39, 0.29) is 6.61 Å². The number of hydrogen-bond donors (Lipinski definition) is 1. The van der Waals surface area contributed by atoms with Gasteiger partial charge in [0.25, 0.3) is 5.91 Å². The molecule has 29 heavy (non-hydrogen) atoms. The fraction of sp³-hybridized carbons (Fsp3) is 0.364. The molecule has 7 nitrogen and oxygen atoms in total. The third-order valence-electron chi connectivity index (χ3n) is 4.27. The minimum absolute atomic E-state index is 0.276. The topological polar surface area (TPSA) is 83.1 Å². The molecule has 0 aliphatic heterocycles. The summed E-state index contributed by atoms with van der Waals surface area (Å²) >= 11 is 0. The Labute approximate surface area is 170 Å². The van der Waals surface area contributed by atoms with Gasteiger partial charge in [0.2, 0.25) is 0 Å². The highest BCUT2D eigenvalue weighted by atomic mass is 16.6. The second-order valence-electron chi connectivity index (χ2n) is 6.74. The van der Waals surface area contributed by atoms with E-state index in [0.29, 0.717) is 28.9 Å². The van der Waals surface area contributed by atoms with Gasteiger partial charge in [0.1, 0.15) is 17.2 Å². The lowest BCUT2D eigenvalue weighted by molar-refractivity contribution is -0.149. The summed E-state index contributed by atoms with van der Waals surface area (Å²) in [4.78, 5) is 24.0. The first-order chi connectivity index (χ1) is 13.8. The van der Waals surface area contributed by atoms with Crippen LogP contribution in [-0.2, 0) is 14.3 Å². The van der Waals surface area contributed by atoms with Crippen LogP contribution in [0.2, 0.25) is 0 Å². The van der Waals surface area contributed by atoms with Gasteiger partial charge in [-0.2, -0.15) is 0 Å². The Morgan fingerprint density at radius 2 is 1.72 bits per heavy atom. The number of methoxy groups -OCH3 is 2. The largest absolute Gasteiger partial charge is 0.497 e. The SMILES string of the molecule is COc1ccc(NC(=O)COC(=O)COc2cc(C(C)C)ccc2C)c(OC)c1. The van der Waals surface area contributed by atoms with Crippen molar-refractivity contribution in [1.82, 2.24) is 0 Å². The molecule has 0 unspecified atom stereocenters. The van der Waals surface area contributed by atoms with Crippen LogP contribution in [0.3, 0.4) is 0 Å². The van der Waals surface area contributed by atoms with Crippen molar-refractivity contribution in [2.45, 2.75) is 26.7 Å². The average Bonchev–Trinajstić information content (AvgIpc) is 2.71. The van der Waals surface area contributed by atoms with Crippen molar-refractivity contribution < 1.29 is 28.5 Å². The Kier molecular flexibility index (Phi) is 7.88. The quantitative estimate of drug-likeness (QED) is 0.645. The molecule has 0 spiro atoms. The second-order valence-corrected chi connectivity index (χ2v) is 6.74. The summed E-state index contributed by atoms with van der Waals surface area (Å²) < 4.78 is 20.9. The summed E-state index contributed by atoms with van der Waals surface area (Å²) in [5.74, 6) is 0.897. The molecular formula is C22H27NO6. The summed E-state index contributed by atoms with van der Waals surface area (Å²) in [6.45, 7) is 5.36. The molecule has 2 aromatic carbocycles. The van der Waals surface area contributed by atoms with E-state index in [1.54, 1.807) is 18.2 Å². The highest BCUT2D eigenvalue weighted by molar-refractivity contribution is 5.94. The van der Waals surface area contributed by atoms with Gasteiger partial charge in [-0.15, -0.1) is 0 Å². The Hall–Kier alpha value is -3.22. The first-order valence-corrected chi connectivity index (χ1v) is 9.25. The highest BCUT2D eigenvalue weighted by Crippen LogP contribution is 2.29. The molecule has 0 heterocycles. The number of hydrogen-bond acceptors (Lipinski definition) is 6. The predicted molar refractivity (Wildman–Crippen MR) is 110 cm³/mol. The molecule has 0 aliphatic carbocycles. The summed E-state index contributed by atoms with van der Waals surface area (Å²) in [5.41, 5.74) is 2.49. The van der Waals surface area contributed by atoms with Crippen molar-refractivity contribution >= 4 is 17.6 Å². The molecule has 0 bridgehead atoms. The third-order valence-corrected chi connectivity index (χ3v) is 4.27. The van der Waals surface area contributed by atoms with Crippen molar-refractivity contribution in [3.8, 4) is 17.2 Å². The maximum Gasteiger partial charge on any atom is 0.344 e. The standard InChI is InChI=1S/C22H27NO6/c1-14(2)16-7-6-15(3)19(10-16)28-13-22(25)29-12-21(24)23-18-9-8-17(26-4)11-20(18)27-5/h6-11,14H,12-13H2,1-5H3,(H,23,24). The van der Waals surface area contributed by atoms with Crippen LogP contribution in [-0.4, -0.2) is 39.3 Å². The van der Waals surface area contributed by atoms with Gasteiger partial charge in [-0.25, -0.2) is 4.79 Å². The molecule has 0 saturated heterocycles. The van der Waals surface area contributed by atoms with Gasteiger partial charge < -0.3 is 24.3 Å². The molecule has 2 aromatic rings. The van der Waals surface area contributed by atoms with Crippen LogP contribution in [0.4, 0.5) is 5.69 Å². The van der Waals surface area contributed by atoms with Crippen molar-refractivity contribution in [1.29, 1.82) is 0 Å². The van der Waals surface area contributed by atoms with E-state index in [4.69, 9.17) is 18.9 Å². The third kappa shape index (κ3) is 6.41. The minimum atomic E-state index is -0.629. The molecule has 0 saturated carbocycles. The first-order valence-electron chi connectivity index (χ1n) is 9.25. The van der Waals surface area contributed by atoms with E-state index in [0.717, 1.165) is 11.1 Å². The number of anilines is 1. The summed E-state index contributed by atoms with van der Waals surface area (Å²) in [7, 11) is 3.02. The number of amides is 1. The molecule has 0 aromatic heterocycles. The zero-order valence-corrected chi connectivity index (χ0v) is 17.4. The summed E-state index contributed by atoms with van der Waals surface area (Å²) in [5, 5.41) is 2.63. The number of ether oxygens (including phenoxy) is 4. The Morgan fingerprint density at radius 3 is 2.38 bits per heavy atom. The van der Waals surface area contributed by atoms with Crippen LogP contribution in [0.5, 0.6) is 17.2 Å². The Bertz CT molecular complexity index is 862. The number of carbonyl (C=O) groups excluding carboxylic acids is 2. The van der Waals surface area contributed by atoms with Gasteiger partial charge in [-0.3, -0.25) is 4.79 Å². The number of carbonyl (C=O) groups is 2. The van der Waals surface area contributed by atoms with E-state index in [9.17, 15) is 9.59 Å². The highest BCUT2D eigenvalue weighted by Gasteiger charge is 2.13. The van der Waals surface area contributed by atoms with Crippen LogP contribution >= 0.6 is 0 Å². The fourth-order valence-electron chi connectivity index (χ4n) is 2.54. The van der Waals surface area contributed by atoms with E-state index >= 15 is 0 Å². The number of aryl methyl sites for hydroxylation is 1. The van der Waals surface area contributed by atoms with Crippen molar-refractivity contribution in [3.05, 3.63) is 47.5 Å². The normalized spacial score (nSPS) is 10.4. The second kappa shape index (κ2) is 10.4. The van der Waals surface area contributed by atoms with Gasteiger partial charge in [0.15, 0.2) is 13.2 Å². The maximum absolute atomic E-state index is 12.1. The van der Waals surface area contributed by atoms with Gasteiger partial charge in [0.05, 0.1) is 19.9 Å². The monoisotopic (exact) mass is 401 g/mol. The predicted octanol–water partition coefficient (Wildman–Crippen LogP) is 3.70. The van der Waals surface area contributed by atoms with Gasteiger partial charge >= 0.3 is 5.97 Å². The van der Waals surface area contributed by atoms with Crippen LogP contribution in [0.25, 0.3) is 0 Å². The van der Waals surface area contributed by atoms with Gasteiger partial charge in [-0.1, -0.05) is 26.0 Å². The number of benzene rings is 2. The molecule has 1 N–H and O–H groups in total. The number of rotatable bonds is 9. The molecule has 0 fully saturated rings. The van der Waals surface area contributed by atoms with E-state index in [1.807, 2.05) is 25.1 Å². The number of nitrogens with one attached hydrogen (secondary N) is 1. The molecule has 0 radical (unpaired) electrons. The molecule has 0 aliphatic rings. The smallest absolute Gasteiger partial charge is 0.344 e. The molecule has 0 atom stereocenters. The zero-order valence-electron chi connectivity index (χ0n) is 17.4. The van der Waals surface area contributed by atoms with Crippen LogP contribution in [0.15, 0.2) is 36.4 Å². The van der Waals surface area contributed by atoms with Crippen LogP contribution in [0, 0.1) is 6.92 Å². The van der Waals surface area contributed by atoms with E-state index < -0.39 is 18.5 Å². The molecular weight excluding hydrogens is 374 g/mol. The number of esters is 1. The Balaban J connectivity index is 1.85. The fourth-order valence-corrected chi connectivity index (χ4v) is 2.54. The lowest BCUT2D eigenvalue weighted by Gasteiger charge is -2.13. The van der Waals surface area contributed by atoms with E-state index in [2.05, 4.69) is 19.2 Å². The van der Waals surface area contributed by atoms with E-state index in [1.165, 1.54) is 14.2 Å². The summed E-state index contributed by atoms with van der Waals surface area (Å²) in [6.07, 6.45) is 0. The lowest BCUT2D eigenvalue weighted by atomic mass is 10.0. The molecule has 2 rings (SSSR count). The van der Waals surface area contributed by atoms with Crippen LogP contribution in [0.1, 0.15) is 30.9 Å². The van der Waals surface area contributed by atoms with Crippen LogP contribution < -0.4 is 19.5 Å². The van der Waals surface area contributed by atoms with Crippen molar-refractivity contribution in [2.24, 2.45) is 0 Å².